The third-order valence-corrected chi connectivity index (χ3v) is 2.00. The molecule has 0 aliphatic carbocycles. The van der Waals surface area contributed by atoms with E-state index in [1.165, 1.54) is 12.1 Å². The number of rotatable bonds is 3. The molecule has 0 spiro atoms. The molecule has 64 valence electrons. The van der Waals surface area contributed by atoms with Gasteiger partial charge in [0, 0.05) is 0 Å². The van der Waals surface area contributed by atoms with E-state index in [9.17, 15) is 9.18 Å². The van der Waals surface area contributed by atoms with Crippen molar-refractivity contribution in [1.29, 1.82) is 0 Å². The quantitative estimate of drug-likeness (QED) is 0.561. The Kier molecular flexibility index (Phi) is 3.04. The van der Waals surface area contributed by atoms with E-state index in [2.05, 4.69) is 4.98 Å². The fourth-order valence-corrected chi connectivity index (χ4v) is 1.23. The summed E-state index contributed by atoms with van der Waals surface area (Å²) in [4.78, 5) is 13.9. The molecule has 0 aliphatic rings. The van der Waals surface area contributed by atoms with E-state index < -0.39 is 11.9 Å². The van der Waals surface area contributed by atoms with Crippen molar-refractivity contribution in [2.45, 2.75) is 5.03 Å². The standard InChI is InChI=1S/C7H7FN2OS/c8-5-2-1-3-7(10-5)12-4-6(9)11/h1-3H,4H2,(H2,9,11). The molecule has 0 unspecified atom stereocenters. The molecular formula is C7H7FN2OS. The first-order valence-electron chi connectivity index (χ1n) is 3.22. The number of thioether (sulfide) groups is 1. The molecule has 0 atom stereocenters. The van der Waals surface area contributed by atoms with Crippen molar-refractivity contribution in [3.63, 3.8) is 0 Å². The van der Waals surface area contributed by atoms with E-state index in [1.807, 2.05) is 0 Å². The molecule has 12 heavy (non-hydrogen) atoms. The van der Waals surface area contributed by atoms with Gasteiger partial charge in [-0.25, -0.2) is 4.98 Å². The van der Waals surface area contributed by atoms with Crippen molar-refractivity contribution in [3.05, 3.63) is 24.1 Å². The summed E-state index contributed by atoms with van der Waals surface area (Å²) >= 11 is 1.12. The molecule has 1 amide bonds. The molecular weight excluding hydrogens is 179 g/mol. The highest BCUT2D eigenvalue weighted by Crippen LogP contribution is 2.13. The molecule has 1 aromatic heterocycles. The van der Waals surface area contributed by atoms with E-state index in [-0.39, 0.29) is 5.75 Å². The zero-order chi connectivity index (χ0) is 8.97. The Labute approximate surface area is 73.2 Å². The summed E-state index contributed by atoms with van der Waals surface area (Å²) in [5.74, 6) is -0.869. The number of carbonyl (C=O) groups is 1. The van der Waals surface area contributed by atoms with E-state index in [4.69, 9.17) is 5.73 Å². The van der Waals surface area contributed by atoms with Gasteiger partial charge in [-0.15, -0.1) is 0 Å². The Morgan fingerprint density at radius 3 is 3.00 bits per heavy atom. The summed E-state index contributed by atoms with van der Waals surface area (Å²) in [6, 6.07) is 4.40. The van der Waals surface area contributed by atoms with Crippen LogP contribution in [0.2, 0.25) is 0 Å². The van der Waals surface area contributed by atoms with Crippen molar-refractivity contribution in [3.8, 4) is 0 Å². The first-order chi connectivity index (χ1) is 5.68. The molecule has 0 radical (unpaired) electrons. The second-order valence-corrected chi connectivity index (χ2v) is 3.05. The lowest BCUT2D eigenvalue weighted by atomic mass is 10.5. The van der Waals surface area contributed by atoms with Crippen molar-refractivity contribution < 1.29 is 9.18 Å². The van der Waals surface area contributed by atoms with Crippen LogP contribution in [0.15, 0.2) is 23.2 Å². The molecule has 0 bridgehead atoms. The number of hydrogen-bond donors (Lipinski definition) is 1. The maximum absolute atomic E-state index is 12.5. The van der Waals surface area contributed by atoms with Crippen molar-refractivity contribution >= 4 is 17.7 Å². The van der Waals surface area contributed by atoms with Gasteiger partial charge in [0.05, 0.1) is 10.8 Å². The van der Waals surface area contributed by atoms with Gasteiger partial charge in [-0.05, 0) is 12.1 Å². The van der Waals surface area contributed by atoms with Gasteiger partial charge in [0.15, 0.2) is 0 Å². The summed E-state index contributed by atoms with van der Waals surface area (Å²) in [6.45, 7) is 0. The molecule has 3 nitrogen and oxygen atoms in total. The second-order valence-electron chi connectivity index (χ2n) is 2.05. The Morgan fingerprint density at radius 1 is 1.67 bits per heavy atom. The number of amides is 1. The van der Waals surface area contributed by atoms with Crippen molar-refractivity contribution in [2.75, 3.05) is 5.75 Å². The van der Waals surface area contributed by atoms with Gasteiger partial charge in [-0.1, -0.05) is 17.8 Å². The minimum atomic E-state index is -0.551. The van der Waals surface area contributed by atoms with Crippen LogP contribution in [0, 0.1) is 5.95 Å². The number of primary amides is 1. The predicted molar refractivity (Wildman–Crippen MR) is 44.1 cm³/mol. The molecule has 0 aliphatic heterocycles. The minimum absolute atomic E-state index is 0.121. The molecule has 0 aromatic carbocycles. The SMILES string of the molecule is NC(=O)CSc1cccc(F)n1. The lowest BCUT2D eigenvalue weighted by molar-refractivity contribution is -0.115. The van der Waals surface area contributed by atoms with Crippen LogP contribution in [0.4, 0.5) is 4.39 Å². The summed E-state index contributed by atoms with van der Waals surface area (Å²) in [5, 5.41) is 0.466. The first kappa shape index (κ1) is 8.99. The third-order valence-electron chi connectivity index (χ3n) is 1.05. The lowest BCUT2D eigenvalue weighted by Crippen LogP contribution is -2.13. The van der Waals surface area contributed by atoms with Gasteiger partial charge in [-0.2, -0.15) is 4.39 Å². The van der Waals surface area contributed by atoms with Crippen LogP contribution in [0.3, 0.4) is 0 Å². The largest absolute Gasteiger partial charge is 0.369 e. The molecule has 0 saturated carbocycles. The maximum atomic E-state index is 12.5. The number of nitrogens with two attached hydrogens (primary N) is 1. The number of hydrogen-bond acceptors (Lipinski definition) is 3. The fraction of sp³-hybridized carbons (Fsp3) is 0.143. The Bertz CT molecular complexity index is 292. The molecule has 0 saturated heterocycles. The van der Waals surface area contributed by atoms with Gasteiger partial charge < -0.3 is 5.73 Å². The minimum Gasteiger partial charge on any atom is -0.369 e. The zero-order valence-electron chi connectivity index (χ0n) is 6.16. The third kappa shape index (κ3) is 2.87. The van der Waals surface area contributed by atoms with Crippen LogP contribution in [0.5, 0.6) is 0 Å². The van der Waals surface area contributed by atoms with Gasteiger partial charge in [-0.3, -0.25) is 4.79 Å². The molecule has 1 heterocycles. The Morgan fingerprint density at radius 2 is 2.42 bits per heavy atom. The average molecular weight is 186 g/mol. The first-order valence-corrected chi connectivity index (χ1v) is 4.20. The van der Waals surface area contributed by atoms with Gasteiger partial charge in [0.25, 0.3) is 0 Å². The highest BCUT2D eigenvalue weighted by Gasteiger charge is 1.99. The van der Waals surface area contributed by atoms with Crippen LogP contribution < -0.4 is 5.73 Å². The molecule has 0 fully saturated rings. The smallest absolute Gasteiger partial charge is 0.227 e. The predicted octanol–water partition coefficient (Wildman–Crippen LogP) is 0.798. The number of halogens is 1. The number of pyridine rings is 1. The van der Waals surface area contributed by atoms with Crippen LogP contribution in [-0.2, 0) is 4.79 Å². The van der Waals surface area contributed by atoms with Crippen LogP contribution in [0.25, 0.3) is 0 Å². The number of carbonyl (C=O) groups excluding carboxylic acids is 1. The van der Waals surface area contributed by atoms with Gasteiger partial charge in [0.1, 0.15) is 0 Å². The van der Waals surface area contributed by atoms with E-state index in [0.717, 1.165) is 11.8 Å². The zero-order valence-corrected chi connectivity index (χ0v) is 6.97. The van der Waals surface area contributed by atoms with Crippen molar-refractivity contribution in [2.24, 2.45) is 5.73 Å². The number of nitrogens with zero attached hydrogens (tertiary/aromatic N) is 1. The molecule has 1 rings (SSSR count). The molecule has 1 aromatic rings. The normalized spacial score (nSPS) is 9.75. The summed E-state index contributed by atoms with van der Waals surface area (Å²) in [6.07, 6.45) is 0. The van der Waals surface area contributed by atoms with Crippen LogP contribution in [-0.4, -0.2) is 16.6 Å². The Hall–Kier alpha value is -1.10. The number of aromatic nitrogens is 1. The Balaban J connectivity index is 2.57. The highest BCUT2D eigenvalue weighted by molar-refractivity contribution is 7.99. The molecule has 2 N–H and O–H groups in total. The summed E-state index contributed by atoms with van der Waals surface area (Å²) in [7, 11) is 0. The fourth-order valence-electron chi connectivity index (χ4n) is 0.615. The van der Waals surface area contributed by atoms with Crippen molar-refractivity contribution in [1.82, 2.24) is 4.98 Å². The van der Waals surface area contributed by atoms with E-state index in [0.29, 0.717) is 5.03 Å². The van der Waals surface area contributed by atoms with E-state index in [1.54, 1.807) is 6.07 Å². The van der Waals surface area contributed by atoms with Crippen LogP contribution in [0.1, 0.15) is 0 Å². The average Bonchev–Trinajstić information content (AvgIpc) is 2.01. The second kappa shape index (κ2) is 4.06. The van der Waals surface area contributed by atoms with Gasteiger partial charge in [0.2, 0.25) is 11.9 Å². The highest BCUT2D eigenvalue weighted by atomic mass is 32.2. The van der Waals surface area contributed by atoms with Crippen LogP contribution >= 0.6 is 11.8 Å². The lowest BCUT2D eigenvalue weighted by Gasteiger charge is -1.96. The van der Waals surface area contributed by atoms with E-state index >= 15 is 0 Å². The monoisotopic (exact) mass is 186 g/mol. The molecule has 5 heteroatoms. The summed E-state index contributed by atoms with van der Waals surface area (Å²) < 4.78 is 12.5. The van der Waals surface area contributed by atoms with Gasteiger partial charge >= 0.3 is 0 Å². The maximum Gasteiger partial charge on any atom is 0.227 e. The topological polar surface area (TPSA) is 56.0 Å². The summed E-state index contributed by atoms with van der Waals surface area (Å²) in [5.41, 5.74) is 4.90.